The molecule has 82 heavy (non-hydrogen) atoms. The average Bonchev–Trinajstić information content (AvgIpc) is 3.14. The number of rotatable bonds is 9. The maximum atomic E-state index is 9.29. The molecule has 0 saturated heterocycles. The van der Waals surface area contributed by atoms with Crippen molar-refractivity contribution in [3.63, 3.8) is 0 Å². The van der Waals surface area contributed by atoms with E-state index in [1.54, 1.807) is 6.07 Å². The van der Waals surface area contributed by atoms with Crippen LogP contribution in [0.5, 0.6) is 11.5 Å². The Labute approximate surface area is 505 Å². The number of benzene rings is 9. The zero-order chi connectivity index (χ0) is 59.5. The predicted molar refractivity (Wildman–Crippen MR) is 339 cm³/mol. The molecular weight excluding hydrogens is 1180 g/mol. The fraction of sp³-hybridized carbons (Fsp3) is 0.211. The van der Waals surface area contributed by atoms with Crippen LogP contribution in [0.25, 0.3) is 72.1 Å². The van der Waals surface area contributed by atoms with Gasteiger partial charge in [0.15, 0.2) is 0 Å². The molecule has 0 fully saturated rings. The standard InChI is InChI=1S/C76H69N4O.Pt/c1-73(2,3)55-24-18-23-53(43-55)50-33-35-52(36-34-50)59-28-20-29-60(54-37-40-64-66(44-54)76(9,10)42-41-75(64,7)8)72(59)79-49-78(68-31-16-17-32-69(68)79)56-25-19-26-57(45-56)81-58-38-39-62-61-27-14-15-30-67(61)80(70(62)46-58)71-47-65(74(4,5)6)63(48-77-71)51-21-12-11-13-22-51;/h11-40,43-44,47-49H,41-42H2,1-10H3;/q-3;/i14D,15D,27D,30D;. The third-order valence-electron chi connectivity index (χ3n) is 16.9. The van der Waals surface area contributed by atoms with Gasteiger partial charge in [-0.2, -0.15) is 12.1 Å². The first-order chi connectivity index (χ1) is 40.6. The summed E-state index contributed by atoms with van der Waals surface area (Å²) in [6, 6.07) is 68.3. The molecule has 1 aliphatic carbocycles. The maximum absolute atomic E-state index is 9.29. The fourth-order valence-electron chi connectivity index (χ4n) is 12.2. The Morgan fingerprint density at radius 2 is 1.16 bits per heavy atom. The number of hydrogen-bond donors (Lipinski definition) is 0. The Morgan fingerprint density at radius 1 is 0.537 bits per heavy atom. The largest absolute Gasteiger partial charge is 0.509 e. The molecule has 0 spiro atoms. The first-order valence-electron chi connectivity index (χ1n) is 30.3. The molecule has 2 aliphatic rings. The van der Waals surface area contributed by atoms with Gasteiger partial charge in [-0.1, -0.05) is 220 Å². The zero-order valence-electron chi connectivity index (χ0n) is 52.3. The van der Waals surface area contributed by atoms with Gasteiger partial charge in [0.05, 0.1) is 5.48 Å². The Hall–Kier alpha value is -7.98. The number of ether oxygens (including phenoxy) is 1. The number of anilines is 4. The Morgan fingerprint density at radius 3 is 1.90 bits per heavy atom. The Bertz CT molecular complexity index is 4460. The van der Waals surface area contributed by atoms with Gasteiger partial charge in [-0.25, -0.2) is 4.98 Å². The molecule has 0 radical (unpaired) electrons. The van der Waals surface area contributed by atoms with Gasteiger partial charge < -0.3 is 19.1 Å². The third kappa shape index (κ3) is 9.85. The first kappa shape index (κ1) is 49.8. The molecule has 0 saturated carbocycles. The van der Waals surface area contributed by atoms with E-state index in [0.717, 1.165) is 69.0 Å². The monoisotopic (exact) mass is 1250 g/mol. The number of aromatic nitrogens is 2. The van der Waals surface area contributed by atoms with Gasteiger partial charge in [0, 0.05) is 78.0 Å². The Balaban J connectivity index is 0.00000724. The van der Waals surface area contributed by atoms with Gasteiger partial charge in [-0.15, -0.1) is 48.1 Å². The van der Waals surface area contributed by atoms with Crippen LogP contribution in [-0.2, 0) is 42.7 Å². The van der Waals surface area contributed by atoms with Crippen molar-refractivity contribution in [3.8, 4) is 61.8 Å². The van der Waals surface area contributed by atoms with Crippen molar-refractivity contribution in [2.45, 2.75) is 104 Å². The number of para-hydroxylation sites is 4. The molecule has 0 N–H and O–H groups in total. The Kier molecular flexibility index (Phi) is 12.6. The van der Waals surface area contributed by atoms with Crippen LogP contribution in [0.15, 0.2) is 206 Å². The van der Waals surface area contributed by atoms with E-state index in [1.165, 1.54) is 33.4 Å². The second-order valence-electron chi connectivity index (χ2n) is 25.3. The second-order valence-corrected chi connectivity index (χ2v) is 25.3. The van der Waals surface area contributed by atoms with E-state index >= 15 is 0 Å². The van der Waals surface area contributed by atoms with Gasteiger partial charge in [0.1, 0.15) is 5.82 Å². The van der Waals surface area contributed by atoms with Crippen LogP contribution in [0.3, 0.4) is 0 Å². The molecule has 6 heteroatoms. The first-order valence-corrected chi connectivity index (χ1v) is 28.3. The summed E-state index contributed by atoms with van der Waals surface area (Å²) in [7, 11) is 0. The summed E-state index contributed by atoms with van der Waals surface area (Å²) in [5, 5.41) is 0.991. The summed E-state index contributed by atoms with van der Waals surface area (Å²) < 4.78 is 44.6. The van der Waals surface area contributed by atoms with Crippen LogP contribution in [0.4, 0.5) is 22.7 Å². The molecule has 0 unspecified atom stereocenters. The summed E-state index contributed by atoms with van der Waals surface area (Å²) in [4.78, 5) is 9.56. The maximum Gasteiger partial charge on any atom is 0.135 e. The topological polar surface area (TPSA) is 33.5 Å². The minimum Gasteiger partial charge on any atom is -0.509 e. The quantitative estimate of drug-likeness (QED) is 0.135. The second kappa shape index (κ2) is 20.8. The van der Waals surface area contributed by atoms with E-state index < -0.39 is 0 Å². The summed E-state index contributed by atoms with van der Waals surface area (Å²) in [5.74, 6) is 1.35. The SMILES string of the molecule is [2H]c1c([2H])c([2H])c2c(c1[2H])c1ccc(Oc3[c-]c(N4[CH-]N(c5c(-c6ccc(-c7cccc(C(C)(C)C)c7)cc6)cccc5-c5ccc6c(c5)C(C)(C)CCC6(C)C)c5ccccc54)ccc3)[c-]c1n2-c1cc(C(C)(C)C)c(-c2ccccc2)cn1.[Pt]. The summed E-state index contributed by atoms with van der Waals surface area (Å²) in [6.07, 6.45) is 4.13. The van der Waals surface area contributed by atoms with Crippen LogP contribution >= 0.6 is 0 Å². The molecule has 11 aromatic rings. The van der Waals surface area contributed by atoms with Gasteiger partial charge in [0.2, 0.25) is 0 Å². The molecule has 412 valence electrons. The summed E-state index contributed by atoms with van der Waals surface area (Å²) in [5.41, 5.74) is 18.6. The van der Waals surface area contributed by atoms with Crippen molar-refractivity contribution in [1.29, 1.82) is 0 Å². The molecule has 3 heterocycles. The number of fused-ring (bicyclic) bond motifs is 5. The third-order valence-corrected chi connectivity index (χ3v) is 16.9. The fourth-order valence-corrected chi connectivity index (χ4v) is 12.2. The van der Waals surface area contributed by atoms with Crippen molar-refractivity contribution < 1.29 is 31.3 Å². The summed E-state index contributed by atoms with van der Waals surface area (Å²) >= 11 is 0. The van der Waals surface area contributed by atoms with Crippen molar-refractivity contribution in [1.82, 2.24) is 9.55 Å². The van der Waals surface area contributed by atoms with Crippen molar-refractivity contribution in [2.24, 2.45) is 0 Å². The molecule has 2 aromatic heterocycles. The van der Waals surface area contributed by atoms with E-state index in [0.29, 0.717) is 39.1 Å². The molecule has 0 bridgehead atoms. The van der Waals surface area contributed by atoms with Gasteiger partial charge >= 0.3 is 0 Å². The minimum absolute atomic E-state index is 0. The molecule has 1 aliphatic heterocycles. The van der Waals surface area contributed by atoms with Crippen molar-refractivity contribution in [3.05, 3.63) is 247 Å². The minimum atomic E-state index is -0.320. The molecule has 13 rings (SSSR count). The zero-order valence-corrected chi connectivity index (χ0v) is 50.6. The number of hydrogen-bond acceptors (Lipinski definition) is 4. The molecule has 0 amide bonds. The van der Waals surface area contributed by atoms with E-state index in [9.17, 15) is 2.74 Å². The smallest absolute Gasteiger partial charge is 0.135 e. The van der Waals surface area contributed by atoms with E-state index in [1.807, 2.05) is 59.3 Å². The molecule has 0 atom stereocenters. The van der Waals surface area contributed by atoms with Crippen LogP contribution in [0, 0.1) is 18.8 Å². The van der Waals surface area contributed by atoms with Gasteiger partial charge in [0.25, 0.3) is 0 Å². The normalized spacial score (nSPS) is 15.3. The van der Waals surface area contributed by atoms with Crippen LogP contribution < -0.4 is 14.5 Å². The number of pyridine rings is 1. The molecule has 5 nitrogen and oxygen atoms in total. The summed E-state index contributed by atoms with van der Waals surface area (Å²) in [6.45, 7) is 25.0. The van der Waals surface area contributed by atoms with Crippen molar-refractivity contribution >= 4 is 44.6 Å². The van der Waals surface area contributed by atoms with Crippen LogP contribution in [-0.4, -0.2) is 9.55 Å². The average molecular weight is 1250 g/mol. The van der Waals surface area contributed by atoms with Gasteiger partial charge in [-0.3, -0.25) is 0 Å². The van der Waals surface area contributed by atoms with Gasteiger partial charge in [-0.05, 0) is 114 Å². The molecular formula is C76H69N4OPt-3. The van der Waals surface area contributed by atoms with Crippen LogP contribution in [0.2, 0.25) is 0 Å². The predicted octanol–water partition coefficient (Wildman–Crippen LogP) is 20.6. The van der Waals surface area contributed by atoms with Crippen molar-refractivity contribution in [2.75, 3.05) is 9.80 Å². The number of nitrogens with zero attached hydrogens (tertiary/aromatic N) is 4. The molecule has 9 aromatic carbocycles. The van der Waals surface area contributed by atoms with Crippen LogP contribution in [0.1, 0.15) is 110 Å². The van der Waals surface area contributed by atoms with E-state index in [-0.39, 0.29) is 66.9 Å². The van der Waals surface area contributed by atoms with E-state index in [2.05, 4.69) is 219 Å². The van der Waals surface area contributed by atoms with E-state index in [4.69, 9.17) is 12.5 Å².